The molecule has 0 saturated heterocycles. The number of ether oxygens (including phenoxy) is 1. The molecular formula is C20H24ClN7O4S. The molecule has 3 aromatic rings. The minimum absolute atomic E-state index is 0.0239. The quantitative estimate of drug-likeness (QED) is 0.135. The first-order valence-electron chi connectivity index (χ1n) is 10.1. The lowest BCUT2D eigenvalue weighted by molar-refractivity contribution is -0.384. The fourth-order valence-corrected chi connectivity index (χ4v) is 3.83. The number of carbonyl (C=O) groups excluding carboxylic acids is 1. The van der Waals surface area contributed by atoms with Gasteiger partial charge < -0.3 is 15.4 Å². The smallest absolute Gasteiger partial charge is 0.288 e. The Kier molecular flexibility index (Phi) is 8.42. The molecule has 13 heteroatoms. The maximum Gasteiger partial charge on any atom is 0.288 e. The summed E-state index contributed by atoms with van der Waals surface area (Å²) in [6.45, 7) is 5.83. The number of thioether (sulfide) groups is 1. The summed E-state index contributed by atoms with van der Waals surface area (Å²) in [6.07, 6.45) is 1.68. The van der Waals surface area contributed by atoms with Crippen molar-refractivity contribution in [1.29, 1.82) is 0 Å². The van der Waals surface area contributed by atoms with Gasteiger partial charge in [0.15, 0.2) is 10.8 Å². The van der Waals surface area contributed by atoms with Gasteiger partial charge >= 0.3 is 0 Å². The van der Waals surface area contributed by atoms with Gasteiger partial charge in [-0.05, 0) is 12.1 Å². The molecule has 176 valence electrons. The lowest BCUT2D eigenvalue weighted by Crippen LogP contribution is -2.27. The number of methoxy groups -OCH3 is 1. The molecule has 0 spiro atoms. The molecule has 33 heavy (non-hydrogen) atoms. The Morgan fingerprint density at radius 2 is 2.12 bits per heavy atom. The molecule has 1 amide bonds. The van der Waals surface area contributed by atoms with Gasteiger partial charge in [-0.1, -0.05) is 37.2 Å². The number of hydrogen-bond donors (Lipinski definition) is 2. The monoisotopic (exact) mass is 493 g/mol. The average molecular weight is 494 g/mol. The minimum atomic E-state index is -0.625. The van der Waals surface area contributed by atoms with Gasteiger partial charge in [-0.25, -0.2) is 14.6 Å². The second-order valence-electron chi connectivity index (χ2n) is 7.23. The van der Waals surface area contributed by atoms with E-state index in [1.807, 2.05) is 0 Å². The number of nitrogens with zero attached hydrogens (tertiary/aromatic N) is 5. The zero-order valence-corrected chi connectivity index (χ0v) is 19.9. The van der Waals surface area contributed by atoms with Crippen molar-refractivity contribution in [1.82, 2.24) is 25.1 Å². The minimum Gasteiger partial charge on any atom is -0.383 e. The molecule has 0 aliphatic rings. The van der Waals surface area contributed by atoms with Gasteiger partial charge in [-0.3, -0.25) is 14.9 Å². The van der Waals surface area contributed by atoms with Gasteiger partial charge in [0.05, 0.1) is 29.7 Å². The van der Waals surface area contributed by atoms with Crippen LogP contribution in [0, 0.1) is 10.1 Å². The number of nitro benzene ring substituents is 1. The van der Waals surface area contributed by atoms with E-state index in [0.29, 0.717) is 41.6 Å². The maximum absolute atomic E-state index is 12.4. The zero-order valence-electron chi connectivity index (χ0n) is 18.4. The molecule has 0 aliphatic carbocycles. The number of benzene rings is 1. The molecule has 0 radical (unpaired) electrons. The van der Waals surface area contributed by atoms with Gasteiger partial charge in [0.2, 0.25) is 0 Å². The molecule has 2 N–H and O–H groups in total. The number of nitrogens with one attached hydrogen (secondary N) is 2. The molecule has 0 bridgehead atoms. The Morgan fingerprint density at radius 3 is 2.82 bits per heavy atom. The van der Waals surface area contributed by atoms with Gasteiger partial charge in [0, 0.05) is 37.1 Å². The summed E-state index contributed by atoms with van der Waals surface area (Å²) >= 11 is 7.35. The third-order valence-corrected chi connectivity index (χ3v) is 5.61. The standard InChI is InChI=1S/C20H24ClN7O4S/c1-12(2)33-20-25-17(22-7-9-32-3)14-11-24-27(18(14)26-20)8-6-23-19(29)13-4-5-15(21)16(10-13)28(30)31/h4-5,10-12H,6-9H2,1-3H3,(H,23,29)(H,22,25,26). The van der Waals surface area contributed by atoms with Gasteiger partial charge in [-0.15, -0.1) is 0 Å². The summed E-state index contributed by atoms with van der Waals surface area (Å²) in [5.41, 5.74) is 0.478. The van der Waals surface area contributed by atoms with E-state index >= 15 is 0 Å². The van der Waals surface area contributed by atoms with Crippen molar-refractivity contribution in [2.24, 2.45) is 0 Å². The highest BCUT2D eigenvalue weighted by molar-refractivity contribution is 7.99. The second-order valence-corrected chi connectivity index (χ2v) is 9.18. The highest BCUT2D eigenvalue weighted by atomic mass is 35.5. The van der Waals surface area contributed by atoms with Crippen LogP contribution in [0.15, 0.2) is 29.6 Å². The molecule has 3 rings (SSSR count). The number of carbonyl (C=O) groups is 1. The maximum atomic E-state index is 12.4. The Bertz CT molecular complexity index is 1150. The van der Waals surface area contributed by atoms with Gasteiger partial charge in [-0.2, -0.15) is 5.10 Å². The van der Waals surface area contributed by atoms with Crippen LogP contribution in [0.1, 0.15) is 24.2 Å². The lowest BCUT2D eigenvalue weighted by atomic mass is 10.2. The zero-order chi connectivity index (χ0) is 24.0. The predicted octanol–water partition coefficient (Wildman–Crippen LogP) is 3.38. The molecule has 0 fully saturated rings. The Balaban J connectivity index is 1.74. The number of fused-ring (bicyclic) bond motifs is 1. The van der Waals surface area contributed by atoms with Crippen LogP contribution in [-0.4, -0.2) is 62.6 Å². The predicted molar refractivity (Wildman–Crippen MR) is 127 cm³/mol. The van der Waals surface area contributed by atoms with E-state index in [2.05, 4.69) is 39.5 Å². The Hall–Kier alpha value is -2.96. The van der Waals surface area contributed by atoms with Crippen LogP contribution in [0.4, 0.5) is 11.5 Å². The van der Waals surface area contributed by atoms with Crippen molar-refractivity contribution in [3.05, 3.63) is 45.1 Å². The van der Waals surface area contributed by atoms with Crippen molar-refractivity contribution in [2.75, 3.05) is 32.1 Å². The third-order valence-electron chi connectivity index (χ3n) is 4.43. The normalized spacial score (nSPS) is 11.2. The van der Waals surface area contributed by atoms with Crippen LogP contribution in [0.25, 0.3) is 11.0 Å². The molecule has 2 aromatic heterocycles. The molecule has 0 saturated carbocycles. The molecule has 0 unspecified atom stereocenters. The third kappa shape index (κ3) is 6.30. The van der Waals surface area contributed by atoms with Crippen molar-refractivity contribution in [3.63, 3.8) is 0 Å². The molecule has 0 atom stereocenters. The van der Waals surface area contributed by atoms with Crippen molar-refractivity contribution < 1.29 is 14.5 Å². The fourth-order valence-electron chi connectivity index (χ4n) is 2.94. The largest absolute Gasteiger partial charge is 0.383 e. The molecular weight excluding hydrogens is 470 g/mol. The Morgan fingerprint density at radius 1 is 1.33 bits per heavy atom. The first-order chi connectivity index (χ1) is 15.8. The van der Waals surface area contributed by atoms with E-state index in [1.165, 1.54) is 23.9 Å². The highest BCUT2D eigenvalue weighted by Crippen LogP contribution is 2.27. The first-order valence-corrected chi connectivity index (χ1v) is 11.4. The van der Waals surface area contributed by atoms with E-state index in [9.17, 15) is 14.9 Å². The van der Waals surface area contributed by atoms with Gasteiger partial charge in [0.25, 0.3) is 11.6 Å². The topological polar surface area (TPSA) is 137 Å². The molecule has 2 heterocycles. The summed E-state index contributed by atoms with van der Waals surface area (Å²) in [4.78, 5) is 32.1. The highest BCUT2D eigenvalue weighted by Gasteiger charge is 2.17. The van der Waals surface area contributed by atoms with Crippen LogP contribution >= 0.6 is 23.4 Å². The molecule has 11 nitrogen and oxygen atoms in total. The van der Waals surface area contributed by atoms with Crippen LogP contribution < -0.4 is 10.6 Å². The van der Waals surface area contributed by atoms with Crippen molar-refractivity contribution >= 4 is 51.8 Å². The van der Waals surface area contributed by atoms with Crippen LogP contribution in [0.2, 0.25) is 5.02 Å². The number of anilines is 1. The average Bonchev–Trinajstić information content (AvgIpc) is 3.16. The van der Waals surface area contributed by atoms with E-state index in [4.69, 9.17) is 16.3 Å². The number of rotatable bonds is 11. The van der Waals surface area contributed by atoms with Crippen molar-refractivity contribution in [3.8, 4) is 0 Å². The number of halogens is 1. The number of hydrogen-bond acceptors (Lipinski definition) is 9. The van der Waals surface area contributed by atoms with Crippen LogP contribution in [0.5, 0.6) is 0 Å². The summed E-state index contributed by atoms with van der Waals surface area (Å²) < 4.78 is 6.79. The van der Waals surface area contributed by atoms with E-state index in [-0.39, 0.29) is 22.8 Å². The SMILES string of the molecule is COCCNc1nc(SC(C)C)nc2c1cnn2CCNC(=O)c1ccc(Cl)c([N+](=O)[O-])c1. The summed E-state index contributed by atoms with van der Waals surface area (Å²) in [5, 5.41) is 23.1. The van der Waals surface area contributed by atoms with Crippen LogP contribution in [0.3, 0.4) is 0 Å². The van der Waals surface area contributed by atoms with Crippen molar-refractivity contribution in [2.45, 2.75) is 30.8 Å². The number of amides is 1. The second kappa shape index (κ2) is 11.3. The summed E-state index contributed by atoms with van der Waals surface area (Å²) in [7, 11) is 1.63. The summed E-state index contributed by atoms with van der Waals surface area (Å²) in [5.74, 6) is 0.225. The lowest BCUT2D eigenvalue weighted by Gasteiger charge is -2.11. The number of aromatic nitrogens is 4. The van der Waals surface area contributed by atoms with E-state index < -0.39 is 10.8 Å². The summed E-state index contributed by atoms with van der Waals surface area (Å²) in [6, 6.07) is 3.93. The fraction of sp³-hybridized carbons (Fsp3) is 0.400. The Labute approximate surface area is 199 Å². The number of nitro groups is 1. The first kappa shape index (κ1) is 24.7. The van der Waals surface area contributed by atoms with E-state index in [1.54, 1.807) is 18.0 Å². The van der Waals surface area contributed by atoms with Gasteiger partial charge in [0.1, 0.15) is 10.8 Å². The van der Waals surface area contributed by atoms with Crippen LogP contribution in [-0.2, 0) is 11.3 Å². The molecule has 1 aromatic carbocycles. The molecule has 0 aliphatic heterocycles. The van der Waals surface area contributed by atoms with E-state index in [0.717, 1.165) is 11.5 Å².